The zero-order valence-corrected chi connectivity index (χ0v) is 12.7. The second kappa shape index (κ2) is 5.54. The molecule has 0 aliphatic heterocycles. The van der Waals surface area contributed by atoms with Crippen molar-refractivity contribution in [2.75, 3.05) is 7.05 Å². The topological polar surface area (TPSA) is 42.2 Å². The smallest absolute Gasteiger partial charge is 0.140 e. The molecule has 1 aromatic carbocycles. The first-order valence-corrected chi connectivity index (χ1v) is 7.76. The molecular formula is C18H19N3O. The number of benzene rings is 1. The molecule has 2 heterocycles. The maximum absolute atomic E-state index is 5.42. The van der Waals surface area contributed by atoms with Gasteiger partial charge in [0.15, 0.2) is 0 Å². The summed E-state index contributed by atoms with van der Waals surface area (Å²) in [4.78, 5) is 6.76. The monoisotopic (exact) mass is 293 g/mol. The van der Waals surface area contributed by atoms with Crippen LogP contribution in [0.2, 0.25) is 0 Å². The van der Waals surface area contributed by atoms with Gasteiger partial charge < -0.3 is 4.52 Å². The van der Waals surface area contributed by atoms with Crippen molar-refractivity contribution in [2.45, 2.75) is 31.8 Å². The molecule has 0 bridgehead atoms. The molecule has 4 heteroatoms. The Bertz CT molecular complexity index is 786. The fourth-order valence-electron chi connectivity index (χ4n) is 2.88. The van der Waals surface area contributed by atoms with Crippen LogP contribution in [0.4, 0.5) is 0 Å². The van der Waals surface area contributed by atoms with E-state index in [1.807, 2.05) is 12.3 Å². The van der Waals surface area contributed by atoms with E-state index in [0.717, 1.165) is 30.1 Å². The number of fused-ring (bicyclic) bond motifs is 1. The Morgan fingerprint density at radius 1 is 1.18 bits per heavy atom. The number of hydrogen-bond acceptors (Lipinski definition) is 4. The van der Waals surface area contributed by atoms with Gasteiger partial charge in [-0.25, -0.2) is 0 Å². The Kier molecular flexibility index (Phi) is 3.39. The number of hydrogen-bond donors (Lipinski definition) is 0. The fraction of sp³-hybridized carbons (Fsp3) is 0.333. The van der Waals surface area contributed by atoms with Gasteiger partial charge in [-0.3, -0.25) is 9.88 Å². The van der Waals surface area contributed by atoms with Crippen LogP contribution in [-0.4, -0.2) is 22.1 Å². The van der Waals surface area contributed by atoms with Crippen molar-refractivity contribution in [2.24, 2.45) is 0 Å². The van der Waals surface area contributed by atoms with E-state index in [-0.39, 0.29) is 0 Å². The molecule has 1 saturated carbocycles. The summed E-state index contributed by atoms with van der Waals surface area (Å²) in [6.45, 7) is 1.64. The number of nitrogens with zero attached hydrogens (tertiary/aromatic N) is 3. The van der Waals surface area contributed by atoms with Crippen molar-refractivity contribution in [3.63, 3.8) is 0 Å². The van der Waals surface area contributed by atoms with Gasteiger partial charge in [-0.05, 0) is 31.5 Å². The molecule has 0 atom stereocenters. The third-order valence-corrected chi connectivity index (χ3v) is 4.15. The first-order chi connectivity index (χ1) is 10.8. The van der Waals surface area contributed by atoms with Crippen LogP contribution in [0, 0.1) is 0 Å². The van der Waals surface area contributed by atoms with E-state index < -0.39 is 0 Å². The lowest BCUT2D eigenvalue weighted by atomic mass is 10.1. The molecule has 4 rings (SSSR count). The van der Waals surface area contributed by atoms with E-state index in [2.05, 4.69) is 52.4 Å². The third kappa shape index (κ3) is 2.74. The van der Waals surface area contributed by atoms with Crippen molar-refractivity contribution in [3.05, 3.63) is 59.6 Å². The first kappa shape index (κ1) is 13.5. The summed E-state index contributed by atoms with van der Waals surface area (Å²) in [5.74, 6) is 1.67. The molecule has 3 aromatic rings. The van der Waals surface area contributed by atoms with Gasteiger partial charge >= 0.3 is 0 Å². The zero-order valence-electron chi connectivity index (χ0n) is 12.7. The summed E-state index contributed by atoms with van der Waals surface area (Å²) >= 11 is 0. The predicted octanol–water partition coefficient (Wildman–Crippen LogP) is 3.73. The summed E-state index contributed by atoms with van der Waals surface area (Å²) in [7, 11) is 2.10. The molecule has 2 aromatic heterocycles. The molecule has 0 unspecified atom stereocenters. The lowest BCUT2D eigenvalue weighted by Gasteiger charge is -2.16. The summed E-state index contributed by atoms with van der Waals surface area (Å²) in [6.07, 6.45) is 4.34. The summed E-state index contributed by atoms with van der Waals surface area (Å²) in [5, 5.41) is 5.38. The molecule has 22 heavy (non-hydrogen) atoms. The van der Waals surface area contributed by atoms with Crippen molar-refractivity contribution >= 4 is 10.9 Å². The second-order valence-electron chi connectivity index (χ2n) is 6.16. The van der Waals surface area contributed by atoms with Crippen molar-refractivity contribution in [1.82, 2.24) is 15.0 Å². The number of aromatic nitrogens is 2. The van der Waals surface area contributed by atoms with Gasteiger partial charge in [0.1, 0.15) is 5.76 Å². The van der Waals surface area contributed by atoms with Crippen LogP contribution < -0.4 is 0 Å². The molecule has 1 fully saturated rings. The van der Waals surface area contributed by atoms with E-state index in [4.69, 9.17) is 4.52 Å². The number of para-hydroxylation sites is 1. The first-order valence-electron chi connectivity index (χ1n) is 7.76. The summed E-state index contributed by atoms with van der Waals surface area (Å²) in [5.41, 5.74) is 3.33. The zero-order chi connectivity index (χ0) is 14.9. The summed E-state index contributed by atoms with van der Waals surface area (Å²) < 4.78 is 5.42. The highest BCUT2D eigenvalue weighted by atomic mass is 16.5. The predicted molar refractivity (Wildman–Crippen MR) is 85.4 cm³/mol. The van der Waals surface area contributed by atoms with Gasteiger partial charge in [-0.2, -0.15) is 0 Å². The minimum atomic E-state index is 0.619. The van der Waals surface area contributed by atoms with E-state index >= 15 is 0 Å². The highest BCUT2D eigenvalue weighted by Gasteiger charge is 2.27. The maximum Gasteiger partial charge on any atom is 0.140 e. The Morgan fingerprint density at radius 3 is 2.91 bits per heavy atom. The molecular weight excluding hydrogens is 274 g/mol. The molecule has 0 saturated heterocycles. The summed E-state index contributed by atoms with van der Waals surface area (Å²) in [6, 6.07) is 12.5. The normalized spacial score (nSPS) is 14.8. The molecule has 1 aliphatic carbocycles. The van der Waals surface area contributed by atoms with Gasteiger partial charge in [-0.15, -0.1) is 0 Å². The molecule has 0 amide bonds. The fourth-order valence-corrected chi connectivity index (χ4v) is 2.88. The van der Waals surface area contributed by atoms with Gasteiger partial charge in [-0.1, -0.05) is 29.4 Å². The Hall–Kier alpha value is -2.20. The van der Waals surface area contributed by atoms with Gasteiger partial charge in [0.2, 0.25) is 0 Å². The second-order valence-corrected chi connectivity index (χ2v) is 6.16. The van der Waals surface area contributed by atoms with E-state index in [0.29, 0.717) is 5.92 Å². The minimum absolute atomic E-state index is 0.619. The maximum atomic E-state index is 5.42. The van der Waals surface area contributed by atoms with Crippen molar-refractivity contribution in [3.8, 4) is 0 Å². The molecule has 0 radical (unpaired) electrons. The van der Waals surface area contributed by atoms with Crippen LogP contribution in [0.1, 0.15) is 35.8 Å². The molecule has 112 valence electrons. The highest BCUT2D eigenvalue weighted by molar-refractivity contribution is 5.81. The minimum Gasteiger partial charge on any atom is -0.361 e. The largest absolute Gasteiger partial charge is 0.361 e. The lowest BCUT2D eigenvalue weighted by molar-refractivity contribution is 0.301. The van der Waals surface area contributed by atoms with Gasteiger partial charge in [0.25, 0.3) is 0 Å². The Labute approximate surface area is 129 Å². The van der Waals surface area contributed by atoms with E-state index in [9.17, 15) is 0 Å². The Balaban J connectivity index is 1.49. The van der Waals surface area contributed by atoms with Crippen LogP contribution in [0.25, 0.3) is 10.9 Å². The molecule has 0 N–H and O–H groups in total. The van der Waals surface area contributed by atoms with Crippen LogP contribution in [0.5, 0.6) is 0 Å². The van der Waals surface area contributed by atoms with E-state index in [1.54, 1.807) is 0 Å². The highest BCUT2D eigenvalue weighted by Crippen LogP contribution is 2.40. The van der Waals surface area contributed by atoms with Crippen LogP contribution in [0.15, 0.2) is 47.1 Å². The number of rotatable bonds is 5. The van der Waals surface area contributed by atoms with E-state index in [1.165, 1.54) is 23.8 Å². The Morgan fingerprint density at radius 2 is 2.05 bits per heavy atom. The van der Waals surface area contributed by atoms with Crippen molar-refractivity contribution < 1.29 is 4.52 Å². The third-order valence-electron chi connectivity index (χ3n) is 4.15. The molecule has 0 spiro atoms. The van der Waals surface area contributed by atoms with Crippen LogP contribution in [0.3, 0.4) is 0 Å². The average molecular weight is 293 g/mol. The van der Waals surface area contributed by atoms with Crippen LogP contribution >= 0.6 is 0 Å². The van der Waals surface area contributed by atoms with Gasteiger partial charge in [0.05, 0.1) is 11.2 Å². The van der Waals surface area contributed by atoms with Gasteiger partial charge in [0, 0.05) is 36.7 Å². The lowest BCUT2D eigenvalue weighted by Crippen LogP contribution is -2.17. The average Bonchev–Trinajstić information content (AvgIpc) is 3.28. The number of pyridine rings is 1. The van der Waals surface area contributed by atoms with Crippen molar-refractivity contribution in [1.29, 1.82) is 0 Å². The standard InChI is InChI=1S/C18H19N3O/c1-21(12-16-10-17(22-20-16)13-7-8-13)11-15-5-2-4-14-6-3-9-19-18(14)15/h2-6,9-10,13H,7-8,11-12H2,1H3. The SMILES string of the molecule is CN(Cc1cc(C2CC2)on1)Cc1cccc2cccnc12. The van der Waals surface area contributed by atoms with Crippen LogP contribution in [-0.2, 0) is 13.1 Å². The molecule has 4 nitrogen and oxygen atoms in total. The quantitative estimate of drug-likeness (QED) is 0.719. The molecule has 1 aliphatic rings.